The summed E-state index contributed by atoms with van der Waals surface area (Å²) >= 11 is 0. The lowest BCUT2D eigenvalue weighted by Crippen LogP contribution is -2.57. The zero-order valence-corrected chi connectivity index (χ0v) is 21.9. The first-order chi connectivity index (χ1) is 18.7. The number of hydrogen-bond donors (Lipinski definition) is 8. The summed E-state index contributed by atoms with van der Waals surface area (Å²) in [6.07, 6.45) is 2.76. The van der Waals surface area contributed by atoms with Crippen LogP contribution in [0.4, 0.5) is 0 Å². The number of phenolic OH excluding ortho intramolecular Hbond substituents is 2. The number of nitrogens with one attached hydrogen (secondary N) is 4. The third kappa shape index (κ3) is 7.25. The zero-order valence-electron chi connectivity index (χ0n) is 21.9. The molecule has 2 aliphatic rings. The van der Waals surface area contributed by atoms with E-state index >= 15 is 0 Å². The summed E-state index contributed by atoms with van der Waals surface area (Å²) in [5.41, 5.74) is 14.3. The largest absolute Gasteiger partial charge is 0.508 e. The predicted octanol–water partition coefficient (Wildman–Crippen LogP) is -0.233. The highest BCUT2D eigenvalue weighted by Gasteiger charge is 2.30. The minimum absolute atomic E-state index is 0.00349. The lowest BCUT2D eigenvalue weighted by molar-refractivity contribution is -0.132. The van der Waals surface area contributed by atoms with E-state index < -0.39 is 35.8 Å². The van der Waals surface area contributed by atoms with E-state index in [0.717, 1.165) is 30.5 Å². The summed E-state index contributed by atoms with van der Waals surface area (Å²) in [4.78, 5) is 39.7. The molecule has 11 heteroatoms. The van der Waals surface area contributed by atoms with Gasteiger partial charge >= 0.3 is 0 Å². The average molecular weight is 539 g/mol. The van der Waals surface area contributed by atoms with Crippen LogP contribution >= 0.6 is 0 Å². The van der Waals surface area contributed by atoms with Gasteiger partial charge in [-0.15, -0.1) is 0 Å². The molecule has 0 radical (unpaired) electrons. The van der Waals surface area contributed by atoms with Crippen molar-refractivity contribution in [2.75, 3.05) is 19.6 Å². The molecule has 0 spiro atoms. The number of amides is 3. The molecule has 2 heterocycles. The van der Waals surface area contributed by atoms with E-state index in [-0.39, 0.29) is 36.8 Å². The molecule has 4 rings (SSSR count). The summed E-state index contributed by atoms with van der Waals surface area (Å²) in [5.74, 6) is -1.51. The fraction of sp³-hybridized carbons (Fsp3) is 0.464. The second kappa shape index (κ2) is 12.9. The molecular weight excluding hydrogens is 500 g/mol. The van der Waals surface area contributed by atoms with Crippen LogP contribution in [0.15, 0.2) is 36.4 Å². The van der Waals surface area contributed by atoms with Gasteiger partial charge in [-0.1, -0.05) is 12.1 Å². The number of phenols is 2. The second-order valence-corrected chi connectivity index (χ2v) is 10.3. The first kappa shape index (κ1) is 28.3. The SMILES string of the molecule is NCCC[C@H]1NC(=O)[C@@H](N)Cc2cc(ccc2O)-c2ccc(O)c(c2)C[C@H](C(=O)NCC2CCCN2)NC1=O. The third-order valence-electron chi connectivity index (χ3n) is 7.34. The molecule has 0 aliphatic carbocycles. The molecule has 4 bridgehead atoms. The van der Waals surface area contributed by atoms with Crippen LogP contribution in [-0.4, -0.2) is 71.7 Å². The number of hydrogen-bond acceptors (Lipinski definition) is 8. The van der Waals surface area contributed by atoms with Gasteiger partial charge in [0.25, 0.3) is 0 Å². The van der Waals surface area contributed by atoms with Crippen LogP contribution in [0.5, 0.6) is 11.5 Å². The van der Waals surface area contributed by atoms with E-state index in [1.807, 2.05) is 0 Å². The van der Waals surface area contributed by atoms with Crippen molar-refractivity contribution < 1.29 is 24.6 Å². The fourth-order valence-electron chi connectivity index (χ4n) is 5.04. The Morgan fingerprint density at radius 1 is 0.974 bits per heavy atom. The highest BCUT2D eigenvalue weighted by molar-refractivity contribution is 5.93. The Balaban J connectivity index is 1.70. The van der Waals surface area contributed by atoms with Crippen molar-refractivity contribution in [3.8, 4) is 22.6 Å². The molecule has 2 aromatic rings. The zero-order chi connectivity index (χ0) is 27.9. The molecular formula is C28H38N6O5. The molecule has 4 atom stereocenters. The van der Waals surface area contributed by atoms with Crippen molar-refractivity contribution in [2.45, 2.75) is 62.7 Å². The standard InChI is InChI=1S/C28H38N6O5/c29-9-1-4-22-28(39)34-23(27(38)32-15-20-3-2-10-31-20)14-19-12-17(6-8-25(19)36)16-5-7-24(35)18(11-16)13-21(30)26(37)33-22/h5-8,11-12,20-23,31,35-36H,1-4,9-10,13-15,29-30H2,(H,32,38)(H,33,37)(H,34,39)/t20?,21-,22+,23+/m0/s1. The van der Waals surface area contributed by atoms with E-state index in [1.54, 1.807) is 24.3 Å². The second-order valence-electron chi connectivity index (χ2n) is 10.3. The molecule has 0 aromatic heterocycles. The Labute approximate surface area is 227 Å². The first-order valence-corrected chi connectivity index (χ1v) is 13.5. The van der Waals surface area contributed by atoms with Gasteiger partial charge in [0.2, 0.25) is 17.7 Å². The third-order valence-corrected chi connectivity index (χ3v) is 7.34. The van der Waals surface area contributed by atoms with Gasteiger partial charge in [0.15, 0.2) is 0 Å². The average Bonchev–Trinajstić information content (AvgIpc) is 3.44. The van der Waals surface area contributed by atoms with Crippen LogP contribution < -0.4 is 32.7 Å². The number of aromatic hydroxyl groups is 2. The summed E-state index contributed by atoms with van der Waals surface area (Å²) < 4.78 is 0. The van der Waals surface area contributed by atoms with Gasteiger partial charge in [-0.25, -0.2) is 0 Å². The number of carbonyl (C=O) groups is 3. The van der Waals surface area contributed by atoms with E-state index in [9.17, 15) is 24.6 Å². The number of carbonyl (C=O) groups excluding carboxylic acids is 3. The molecule has 1 fully saturated rings. The van der Waals surface area contributed by atoms with Crippen LogP contribution in [0.3, 0.4) is 0 Å². The maximum absolute atomic E-state index is 13.4. The van der Waals surface area contributed by atoms with Crippen LogP contribution in [0.25, 0.3) is 11.1 Å². The normalized spacial score (nSPS) is 23.7. The Morgan fingerprint density at radius 2 is 1.64 bits per heavy atom. The molecule has 210 valence electrons. The van der Waals surface area contributed by atoms with Gasteiger partial charge in [-0.05, 0) is 85.3 Å². The van der Waals surface area contributed by atoms with Crippen molar-refractivity contribution in [3.05, 3.63) is 47.5 Å². The van der Waals surface area contributed by atoms with Crippen LogP contribution in [-0.2, 0) is 27.2 Å². The van der Waals surface area contributed by atoms with Gasteiger partial charge < -0.3 is 42.9 Å². The van der Waals surface area contributed by atoms with Crippen LogP contribution in [0.2, 0.25) is 0 Å². The number of fused-ring (bicyclic) bond motifs is 5. The van der Waals surface area contributed by atoms with E-state index in [4.69, 9.17) is 11.5 Å². The Kier molecular flexibility index (Phi) is 9.39. The number of benzene rings is 2. The smallest absolute Gasteiger partial charge is 0.243 e. The molecule has 11 nitrogen and oxygen atoms in total. The fourth-order valence-corrected chi connectivity index (χ4v) is 5.04. The monoisotopic (exact) mass is 538 g/mol. The number of rotatable bonds is 6. The van der Waals surface area contributed by atoms with Crippen LogP contribution in [0.1, 0.15) is 36.8 Å². The molecule has 1 unspecified atom stereocenters. The lowest BCUT2D eigenvalue weighted by atomic mass is 9.95. The Bertz CT molecular complexity index is 1200. The van der Waals surface area contributed by atoms with Gasteiger partial charge in [0.05, 0.1) is 6.04 Å². The first-order valence-electron chi connectivity index (χ1n) is 13.5. The van der Waals surface area contributed by atoms with Crippen molar-refractivity contribution >= 4 is 17.7 Å². The minimum Gasteiger partial charge on any atom is -0.508 e. The van der Waals surface area contributed by atoms with Crippen LogP contribution in [0, 0.1) is 0 Å². The minimum atomic E-state index is -1.03. The maximum atomic E-state index is 13.4. The topological polar surface area (TPSA) is 192 Å². The highest BCUT2D eigenvalue weighted by Crippen LogP contribution is 2.30. The molecule has 3 amide bonds. The summed E-state index contributed by atoms with van der Waals surface area (Å²) in [5, 5.41) is 32.8. The molecule has 10 N–H and O–H groups in total. The van der Waals surface area contributed by atoms with Crippen molar-refractivity contribution in [2.24, 2.45) is 11.5 Å². The van der Waals surface area contributed by atoms with E-state index in [1.165, 1.54) is 12.1 Å². The van der Waals surface area contributed by atoms with Crippen molar-refractivity contribution in [3.63, 3.8) is 0 Å². The quantitative estimate of drug-likeness (QED) is 0.247. The molecule has 1 saturated heterocycles. The highest BCUT2D eigenvalue weighted by atomic mass is 16.3. The lowest BCUT2D eigenvalue weighted by Gasteiger charge is -2.25. The Morgan fingerprint density at radius 3 is 2.26 bits per heavy atom. The number of nitrogens with two attached hydrogens (primary N) is 2. The van der Waals surface area contributed by atoms with E-state index in [2.05, 4.69) is 21.3 Å². The maximum Gasteiger partial charge on any atom is 0.243 e. The molecule has 2 aliphatic heterocycles. The Hall–Kier alpha value is -3.67. The van der Waals surface area contributed by atoms with E-state index in [0.29, 0.717) is 30.6 Å². The van der Waals surface area contributed by atoms with Gasteiger partial charge in [-0.3, -0.25) is 14.4 Å². The summed E-state index contributed by atoms with van der Waals surface area (Å²) in [6.45, 7) is 1.62. The molecule has 2 aromatic carbocycles. The summed E-state index contributed by atoms with van der Waals surface area (Å²) in [6, 6.07) is 7.16. The van der Waals surface area contributed by atoms with Gasteiger partial charge in [-0.2, -0.15) is 0 Å². The van der Waals surface area contributed by atoms with Gasteiger partial charge in [0, 0.05) is 25.4 Å². The molecule has 0 saturated carbocycles. The van der Waals surface area contributed by atoms with Crippen molar-refractivity contribution in [1.29, 1.82) is 0 Å². The predicted molar refractivity (Wildman–Crippen MR) is 147 cm³/mol. The van der Waals surface area contributed by atoms with Crippen molar-refractivity contribution in [1.82, 2.24) is 21.3 Å². The van der Waals surface area contributed by atoms with Gasteiger partial charge in [0.1, 0.15) is 23.6 Å². The molecule has 39 heavy (non-hydrogen) atoms. The summed E-state index contributed by atoms with van der Waals surface area (Å²) in [7, 11) is 0.